The van der Waals surface area contributed by atoms with Gasteiger partial charge in [-0.3, -0.25) is 4.79 Å². The van der Waals surface area contributed by atoms with Crippen LogP contribution in [0, 0.1) is 11.8 Å². The molecular formula is C21H26NO5S-. The Kier molecular flexibility index (Phi) is 6.54. The molecule has 152 valence electrons. The van der Waals surface area contributed by atoms with Gasteiger partial charge in [0, 0.05) is 16.8 Å². The summed E-state index contributed by atoms with van der Waals surface area (Å²) in [6, 6.07) is 0. The SMILES string of the molecule is CC(C)OC(=O)c1c(NC(=O)C2CC=CCC2C(=O)[O-])sc2c1CCCCC2. The first-order chi connectivity index (χ1) is 13.4. The summed E-state index contributed by atoms with van der Waals surface area (Å²) in [5, 5.41) is 14.8. The van der Waals surface area contributed by atoms with Crippen molar-refractivity contribution in [2.24, 2.45) is 11.8 Å². The molecule has 1 aromatic rings. The van der Waals surface area contributed by atoms with Crippen molar-refractivity contribution >= 4 is 34.2 Å². The Hall–Kier alpha value is -2.15. The van der Waals surface area contributed by atoms with Gasteiger partial charge in [-0.1, -0.05) is 18.6 Å². The second kappa shape index (κ2) is 8.90. The topological polar surface area (TPSA) is 95.5 Å². The van der Waals surface area contributed by atoms with Crippen molar-refractivity contribution in [3.63, 3.8) is 0 Å². The summed E-state index contributed by atoms with van der Waals surface area (Å²) in [6.07, 6.45) is 8.80. The van der Waals surface area contributed by atoms with Gasteiger partial charge >= 0.3 is 5.97 Å². The Labute approximate surface area is 169 Å². The third kappa shape index (κ3) is 4.46. The van der Waals surface area contributed by atoms with Crippen molar-refractivity contribution in [1.29, 1.82) is 0 Å². The van der Waals surface area contributed by atoms with Crippen LogP contribution in [0.1, 0.15) is 66.8 Å². The van der Waals surface area contributed by atoms with Gasteiger partial charge < -0.3 is 20.0 Å². The number of carbonyl (C=O) groups excluding carboxylic acids is 3. The number of hydrogen-bond acceptors (Lipinski definition) is 6. The fraction of sp³-hybridized carbons (Fsp3) is 0.571. The van der Waals surface area contributed by atoms with E-state index in [9.17, 15) is 19.5 Å². The van der Waals surface area contributed by atoms with Crippen molar-refractivity contribution < 1.29 is 24.2 Å². The van der Waals surface area contributed by atoms with Gasteiger partial charge in [-0.05, 0) is 57.9 Å². The summed E-state index contributed by atoms with van der Waals surface area (Å²) in [6.45, 7) is 3.58. The number of hydrogen-bond donors (Lipinski definition) is 1. The first-order valence-corrected chi connectivity index (χ1v) is 10.7. The molecule has 2 unspecified atom stereocenters. The van der Waals surface area contributed by atoms with Crippen LogP contribution in [0.15, 0.2) is 12.2 Å². The van der Waals surface area contributed by atoms with Gasteiger partial charge in [-0.25, -0.2) is 4.79 Å². The number of rotatable bonds is 5. The van der Waals surface area contributed by atoms with Gasteiger partial charge in [0.05, 0.1) is 17.6 Å². The maximum absolute atomic E-state index is 12.9. The third-order valence-electron chi connectivity index (χ3n) is 5.28. The summed E-state index contributed by atoms with van der Waals surface area (Å²) in [5.74, 6) is -3.58. The average Bonchev–Trinajstić information content (AvgIpc) is 2.81. The molecule has 3 rings (SSSR count). The van der Waals surface area contributed by atoms with Crippen LogP contribution in [0.5, 0.6) is 0 Å². The number of aryl methyl sites for hydroxylation is 1. The zero-order chi connectivity index (χ0) is 20.3. The molecule has 1 N–H and O–H groups in total. The smallest absolute Gasteiger partial charge is 0.341 e. The molecule has 2 atom stereocenters. The molecule has 0 saturated carbocycles. The molecular weight excluding hydrogens is 378 g/mol. The molecule has 28 heavy (non-hydrogen) atoms. The van der Waals surface area contributed by atoms with Crippen LogP contribution in [0.4, 0.5) is 5.00 Å². The monoisotopic (exact) mass is 404 g/mol. The van der Waals surface area contributed by atoms with E-state index in [1.54, 1.807) is 19.9 Å². The van der Waals surface area contributed by atoms with E-state index in [0.29, 0.717) is 17.0 Å². The molecule has 0 radical (unpaired) electrons. The number of ether oxygens (including phenoxy) is 1. The fourth-order valence-corrected chi connectivity index (χ4v) is 5.17. The number of carboxylic acid groups (broad SMARTS) is 1. The summed E-state index contributed by atoms with van der Waals surface area (Å²) >= 11 is 1.42. The van der Waals surface area contributed by atoms with Crippen molar-refractivity contribution in [2.45, 2.75) is 64.9 Å². The molecule has 2 aliphatic carbocycles. The number of esters is 1. The summed E-state index contributed by atoms with van der Waals surface area (Å²) in [7, 11) is 0. The molecule has 1 heterocycles. The van der Waals surface area contributed by atoms with Crippen LogP contribution >= 0.6 is 11.3 Å². The summed E-state index contributed by atoms with van der Waals surface area (Å²) in [4.78, 5) is 38.2. The fourth-order valence-electron chi connectivity index (χ4n) is 3.89. The zero-order valence-corrected chi connectivity index (χ0v) is 17.1. The number of aliphatic carboxylic acids is 1. The first-order valence-electron chi connectivity index (χ1n) is 9.90. The highest BCUT2D eigenvalue weighted by atomic mass is 32.1. The van der Waals surface area contributed by atoms with E-state index in [-0.39, 0.29) is 18.4 Å². The number of amides is 1. The van der Waals surface area contributed by atoms with Gasteiger partial charge in [-0.2, -0.15) is 0 Å². The molecule has 0 fully saturated rings. The van der Waals surface area contributed by atoms with Crippen LogP contribution in [-0.4, -0.2) is 23.9 Å². The molecule has 0 saturated heterocycles. The van der Waals surface area contributed by atoms with Crippen LogP contribution < -0.4 is 10.4 Å². The average molecular weight is 405 g/mol. The second-order valence-electron chi connectivity index (χ2n) is 7.69. The Morgan fingerprint density at radius 2 is 1.79 bits per heavy atom. The highest BCUT2D eigenvalue weighted by Gasteiger charge is 2.33. The quantitative estimate of drug-likeness (QED) is 0.462. The lowest BCUT2D eigenvalue weighted by atomic mass is 9.82. The van der Waals surface area contributed by atoms with E-state index in [1.165, 1.54) is 11.3 Å². The van der Waals surface area contributed by atoms with Gasteiger partial charge in [0.15, 0.2) is 0 Å². The van der Waals surface area contributed by atoms with Gasteiger partial charge in [0.2, 0.25) is 5.91 Å². The van der Waals surface area contributed by atoms with Crippen molar-refractivity contribution in [3.05, 3.63) is 28.2 Å². The Bertz CT molecular complexity index is 795. The van der Waals surface area contributed by atoms with Crippen LogP contribution in [0.3, 0.4) is 0 Å². The van der Waals surface area contributed by atoms with E-state index in [2.05, 4.69) is 5.32 Å². The van der Waals surface area contributed by atoms with Crippen molar-refractivity contribution in [2.75, 3.05) is 5.32 Å². The maximum atomic E-state index is 12.9. The first kappa shape index (κ1) is 20.6. The number of allylic oxidation sites excluding steroid dienone is 2. The second-order valence-corrected chi connectivity index (χ2v) is 8.79. The molecule has 0 aliphatic heterocycles. The van der Waals surface area contributed by atoms with Crippen LogP contribution in [-0.2, 0) is 27.2 Å². The van der Waals surface area contributed by atoms with Gasteiger partial charge in [0.25, 0.3) is 0 Å². The van der Waals surface area contributed by atoms with E-state index in [4.69, 9.17) is 4.74 Å². The third-order valence-corrected chi connectivity index (χ3v) is 6.48. The molecule has 7 heteroatoms. The molecule has 0 spiro atoms. The Balaban J connectivity index is 1.90. The molecule has 0 aromatic carbocycles. The predicted molar refractivity (Wildman–Crippen MR) is 105 cm³/mol. The number of carbonyl (C=O) groups is 3. The maximum Gasteiger partial charge on any atom is 0.341 e. The normalized spacial score (nSPS) is 21.7. The Morgan fingerprint density at radius 3 is 2.46 bits per heavy atom. The predicted octanol–water partition coefficient (Wildman–Crippen LogP) is 2.85. The minimum atomic E-state index is -1.22. The minimum Gasteiger partial charge on any atom is -0.550 e. The Morgan fingerprint density at radius 1 is 1.11 bits per heavy atom. The van der Waals surface area contributed by atoms with E-state index < -0.39 is 23.8 Å². The molecule has 1 aromatic heterocycles. The number of anilines is 1. The molecule has 2 aliphatic rings. The summed E-state index contributed by atoms with van der Waals surface area (Å²) in [5.41, 5.74) is 1.42. The highest BCUT2D eigenvalue weighted by molar-refractivity contribution is 7.17. The standard InChI is InChI=1S/C21H27NO5S/c1-12(2)27-21(26)17-15-10-4-3-5-11-16(15)28-19(17)22-18(23)13-8-6-7-9-14(13)20(24)25/h6-7,12-14H,3-5,8-11H2,1-2H3,(H,22,23)(H,24,25)/p-1. The lowest BCUT2D eigenvalue weighted by Gasteiger charge is -2.28. The number of carboxylic acids is 1. The van der Waals surface area contributed by atoms with E-state index >= 15 is 0 Å². The minimum absolute atomic E-state index is 0.261. The van der Waals surface area contributed by atoms with E-state index in [1.807, 2.05) is 6.08 Å². The molecule has 1 amide bonds. The lowest BCUT2D eigenvalue weighted by Crippen LogP contribution is -2.41. The van der Waals surface area contributed by atoms with Crippen molar-refractivity contribution in [1.82, 2.24) is 0 Å². The van der Waals surface area contributed by atoms with Crippen molar-refractivity contribution in [3.8, 4) is 0 Å². The number of nitrogens with one attached hydrogen (secondary N) is 1. The number of fused-ring (bicyclic) bond motifs is 1. The molecule has 0 bridgehead atoms. The molecule has 6 nitrogen and oxygen atoms in total. The zero-order valence-electron chi connectivity index (χ0n) is 16.3. The highest BCUT2D eigenvalue weighted by Crippen LogP contribution is 2.39. The van der Waals surface area contributed by atoms with Crippen LogP contribution in [0.25, 0.3) is 0 Å². The largest absolute Gasteiger partial charge is 0.550 e. The number of thiophene rings is 1. The van der Waals surface area contributed by atoms with E-state index in [0.717, 1.165) is 42.5 Å². The van der Waals surface area contributed by atoms with Gasteiger partial charge in [-0.15, -0.1) is 11.3 Å². The lowest BCUT2D eigenvalue weighted by molar-refractivity contribution is -0.313. The van der Waals surface area contributed by atoms with Gasteiger partial charge in [0.1, 0.15) is 5.00 Å². The summed E-state index contributed by atoms with van der Waals surface area (Å²) < 4.78 is 5.43. The van der Waals surface area contributed by atoms with Crippen LogP contribution in [0.2, 0.25) is 0 Å².